The summed E-state index contributed by atoms with van der Waals surface area (Å²) in [6.07, 6.45) is 9.99. The van der Waals surface area contributed by atoms with Gasteiger partial charge < -0.3 is 5.32 Å². The van der Waals surface area contributed by atoms with E-state index in [1.165, 1.54) is 32.1 Å². The van der Waals surface area contributed by atoms with Crippen LogP contribution in [0.5, 0.6) is 0 Å². The van der Waals surface area contributed by atoms with E-state index in [1.807, 2.05) is 6.08 Å². The first kappa shape index (κ1) is 11.8. The molecule has 1 saturated carbocycles. The molecule has 0 saturated heterocycles. The van der Waals surface area contributed by atoms with Crippen molar-refractivity contribution in [1.29, 1.82) is 0 Å². The zero-order chi connectivity index (χ0) is 10.4. The second-order valence-electron chi connectivity index (χ2n) is 4.72. The Hall–Kier alpha value is -0.300. The molecular weight excluding hydrogens is 170 g/mol. The van der Waals surface area contributed by atoms with Crippen molar-refractivity contribution < 1.29 is 0 Å². The van der Waals surface area contributed by atoms with Gasteiger partial charge in [0.2, 0.25) is 0 Å². The minimum absolute atomic E-state index is 0.650. The van der Waals surface area contributed by atoms with Gasteiger partial charge in [0, 0.05) is 12.1 Å². The van der Waals surface area contributed by atoms with Crippen LogP contribution in [0, 0.1) is 5.92 Å². The van der Waals surface area contributed by atoms with Gasteiger partial charge in [0.15, 0.2) is 0 Å². The van der Waals surface area contributed by atoms with Crippen LogP contribution in [0.25, 0.3) is 0 Å². The Balaban J connectivity index is 2.13. The van der Waals surface area contributed by atoms with Gasteiger partial charge in [-0.25, -0.2) is 0 Å². The van der Waals surface area contributed by atoms with E-state index in [1.54, 1.807) is 0 Å². The van der Waals surface area contributed by atoms with Gasteiger partial charge in [0.05, 0.1) is 0 Å². The summed E-state index contributed by atoms with van der Waals surface area (Å²) >= 11 is 0. The lowest BCUT2D eigenvalue weighted by Gasteiger charge is -2.21. The lowest BCUT2D eigenvalue weighted by atomic mass is 10.1. The third-order valence-electron chi connectivity index (χ3n) is 3.13. The topological polar surface area (TPSA) is 12.0 Å². The minimum Gasteiger partial charge on any atom is -0.311 e. The largest absolute Gasteiger partial charge is 0.311 e. The lowest BCUT2D eigenvalue weighted by molar-refractivity contribution is 0.387. The molecule has 0 heterocycles. The molecule has 14 heavy (non-hydrogen) atoms. The molecular formula is C13H25N. The maximum absolute atomic E-state index is 3.76. The Bertz CT molecular complexity index is 161. The number of hydrogen-bond donors (Lipinski definition) is 1. The van der Waals surface area contributed by atoms with E-state index in [4.69, 9.17) is 0 Å². The Labute approximate surface area is 89.0 Å². The molecule has 1 nitrogen and oxygen atoms in total. The van der Waals surface area contributed by atoms with Gasteiger partial charge in [-0.05, 0) is 38.5 Å². The van der Waals surface area contributed by atoms with Crippen molar-refractivity contribution in [3.63, 3.8) is 0 Å². The average Bonchev–Trinajstić information content (AvgIpc) is 2.97. The van der Waals surface area contributed by atoms with Crippen LogP contribution in [-0.2, 0) is 0 Å². The molecule has 0 amide bonds. The number of hydrogen-bond acceptors (Lipinski definition) is 1. The SMILES string of the molecule is C=CCCC(C)NC(CC)CC1CC1. The van der Waals surface area contributed by atoms with E-state index < -0.39 is 0 Å². The van der Waals surface area contributed by atoms with Crippen molar-refractivity contribution in [3.8, 4) is 0 Å². The van der Waals surface area contributed by atoms with Crippen molar-refractivity contribution >= 4 is 0 Å². The maximum Gasteiger partial charge on any atom is 0.00695 e. The van der Waals surface area contributed by atoms with Crippen LogP contribution in [-0.4, -0.2) is 12.1 Å². The Morgan fingerprint density at radius 2 is 2.21 bits per heavy atom. The fourth-order valence-corrected chi connectivity index (χ4v) is 1.96. The van der Waals surface area contributed by atoms with Crippen molar-refractivity contribution in [1.82, 2.24) is 5.32 Å². The highest BCUT2D eigenvalue weighted by atomic mass is 14.9. The molecule has 0 aromatic carbocycles. The van der Waals surface area contributed by atoms with Gasteiger partial charge in [-0.2, -0.15) is 0 Å². The Morgan fingerprint density at radius 1 is 1.50 bits per heavy atom. The van der Waals surface area contributed by atoms with Crippen molar-refractivity contribution in [3.05, 3.63) is 12.7 Å². The molecule has 0 aromatic rings. The highest BCUT2D eigenvalue weighted by molar-refractivity contribution is 4.81. The fourth-order valence-electron chi connectivity index (χ4n) is 1.96. The normalized spacial score (nSPS) is 20.4. The summed E-state index contributed by atoms with van der Waals surface area (Å²) in [5.41, 5.74) is 0. The monoisotopic (exact) mass is 195 g/mol. The molecule has 0 aromatic heterocycles. The van der Waals surface area contributed by atoms with E-state index in [0.717, 1.165) is 18.4 Å². The van der Waals surface area contributed by atoms with Crippen LogP contribution < -0.4 is 5.32 Å². The van der Waals surface area contributed by atoms with Gasteiger partial charge in [-0.15, -0.1) is 6.58 Å². The summed E-state index contributed by atoms with van der Waals surface area (Å²) < 4.78 is 0. The van der Waals surface area contributed by atoms with Gasteiger partial charge >= 0.3 is 0 Å². The van der Waals surface area contributed by atoms with E-state index in [0.29, 0.717) is 6.04 Å². The molecule has 0 radical (unpaired) electrons. The standard InChI is InChI=1S/C13H25N/c1-4-6-7-11(3)14-13(5-2)10-12-8-9-12/h4,11-14H,1,5-10H2,2-3H3. The number of rotatable bonds is 8. The summed E-state index contributed by atoms with van der Waals surface area (Å²) in [7, 11) is 0. The second-order valence-corrected chi connectivity index (χ2v) is 4.72. The zero-order valence-electron chi connectivity index (χ0n) is 9.76. The van der Waals surface area contributed by atoms with Gasteiger partial charge in [0.25, 0.3) is 0 Å². The predicted octanol–water partition coefficient (Wildman–Crippen LogP) is 3.51. The summed E-state index contributed by atoms with van der Waals surface area (Å²) in [6, 6.07) is 1.40. The Morgan fingerprint density at radius 3 is 2.71 bits per heavy atom. The third-order valence-corrected chi connectivity index (χ3v) is 3.13. The van der Waals surface area contributed by atoms with Crippen molar-refractivity contribution in [2.24, 2.45) is 5.92 Å². The molecule has 1 aliphatic carbocycles. The fraction of sp³-hybridized carbons (Fsp3) is 0.846. The molecule has 1 aliphatic rings. The molecule has 1 rings (SSSR count). The first-order valence-corrected chi connectivity index (χ1v) is 6.13. The van der Waals surface area contributed by atoms with Crippen LogP contribution in [0.15, 0.2) is 12.7 Å². The molecule has 1 N–H and O–H groups in total. The van der Waals surface area contributed by atoms with Crippen LogP contribution in [0.3, 0.4) is 0 Å². The van der Waals surface area contributed by atoms with Gasteiger partial charge in [-0.1, -0.05) is 25.8 Å². The first-order valence-electron chi connectivity index (χ1n) is 6.13. The van der Waals surface area contributed by atoms with E-state index >= 15 is 0 Å². The first-order chi connectivity index (χ1) is 6.76. The Kier molecular flexibility index (Phi) is 5.24. The molecule has 0 spiro atoms. The highest BCUT2D eigenvalue weighted by Crippen LogP contribution is 2.34. The summed E-state index contributed by atoms with van der Waals surface area (Å²) in [5, 5.41) is 3.73. The minimum atomic E-state index is 0.650. The molecule has 2 unspecified atom stereocenters. The van der Waals surface area contributed by atoms with Gasteiger partial charge in [0.1, 0.15) is 0 Å². The molecule has 2 atom stereocenters. The van der Waals surface area contributed by atoms with E-state index in [2.05, 4.69) is 25.7 Å². The summed E-state index contributed by atoms with van der Waals surface area (Å²) in [6.45, 7) is 8.35. The van der Waals surface area contributed by atoms with Crippen LogP contribution in [0.1, 0.15) is 52.4 Å². The second kappa shape index (κ2) is 6.23. The van der Waals surface area contributed by atoms with Crippen molar-refractivity contribution in [2.75, 3.05) is 0 Å². The third kappa shape index (κ3) is 4.80. The van der Waals surface area contributed by atoms with Crippen LogP contribution in [0.4, 0.5) is 0 Å². The molecule has 0 bridgehead atoms. The molecule has 1 heteroatoms. The maximum atomic E-state index is 3.76. The van der Waals surface area contributed by atoms with Crippen molar-refractivity contribution in [2.45, 2.75) is 64.5 Å². The summed E-state index contributed by atoms with van der Waals surface area (Å²) in [4.78, 5) is 0. The molecule has 0 aliphatic heterocycles. The zero-order valence-corrected chi connectivity index (χ0v) is 9.76. The number of allylic oxidation sites excluding steroid dienone is 1. The van der Waals surface area contributed by atoms with Crippen LogP contribution >= 0.6 is 0 Å². The van der Waals surface area contributed by atoms with E-state index in [-0.39, 0.29) is 0 Å². The average molecular weight is 195 g/mol. The summed E-state index contributed by atoms with van der Waals surface area (Å²) in [5.74, 6) is 1.04. The highest BCUT2D eigenvalue weighted by Gasteiger charge is 2.24. The molecule has 1 fully saturated rings. The smallest absolute Gasteiger partial charge is 0.00695 e. The quantitative estimate of drug-likeness (QED) is 0.584. The van der Waals surface area contributed by atoms with Crippen LogP contribution in [0.2, 0.25) is 0 Å². The lowest BCUT2D eigenvalue weighted by Crippen LogP contribution is -2.36. The number of nitrogens with one attached hydrogen (secondary N) is 1. The van der Waals surface area contributed by atoms with Gasteiger partial charge in [-0.3, -0.25) is 0 Å². The molecule has 82 valence electrons. The predicted molar refractivity (Wildman–Crippen MR) is 63.4 cm³/mol. The van der Waals surface area contributed by atoms with E-state index in [9.17, 15) is 0 Å².